The molecule has 2 aliphatic rings. The number of nitrogens with zero attached hydrogens (tertiary/aromatic N) is 2. The Bertz CT molecular complexity index is 698. The van der Waals surface area contributed by atoms with Crippen LogP contribution in [0.3, 0.4) is 0 Å². The number of imide groups is 2. The summed E-state index contributed by atoms with van der Waals surface area (Å²) in [7, 11) is 0. The number of carbonyl (C=O) groups excluding carboxylic acids is 3. The highest BCUT2D eigenvalue weighted by atomic mass is 16.2. The minimum atomic E-state index is -1.11. The number of carbonyl (C=O) groups is 3. The number of anilines is 1. The fourth-order valence-electron chi connectivity index (χ4n) is 2.44. The Hall–Kier alpha value is -2.68. The second-order valence-electron chi connectivity index (χ2n) is 5.06. The van der Waals surface area contributed by atoms with Crippen LogP contribution in [-0.2, 0) is 9.59 Å². The van der Waals surface area contributed by atoms with Gasteiger partial charge in [-0.3, -0.25) is 14.9 Å². The summed E-state index contributed by atoms with van der Waals surface area (Å²) in [5.41, 5.74) is 0.0620. The SMILES string of the molecule is Cc1cccc(N2C(=O)NC(=O)C3(CC3)C2=O)c1C#N. The highest BCUT2D eigenvalue weighted by Crippen LogP contribution is 2.49. The maximum absolute atomic E-state index is 12.4. The van der Waals surface area contributed by atoms with Crippen LogP contribution in [0.4, 0.5) is 10.5 Å². The van der Waals surface area contributed by atoms with Gasteiger partial charge in [0, 0.05) is 0 Å². The summed E-state index contributed by atoms with van der Waals surface area (Å²) in [6, 6.07) is 6.14. The molecule has 6 nitrogen and oxygen atoms in total. The van der Waals surface area contributed by atoms with Crippen molar-refractivity contribution in [1.82, 2.24) is 5.32 Å². The summed E-state index contributed by atoms with van der Waals surface area (Å²) in [6.45, 7) is 1.73. The van der Waals surface area contributed by atoms with Gasteiger partial charge in [-0.15, -0.1) is 0 Å². The van der Waals surface area contributed by atoms with Gasteiger partial charge >= 0.3 is 6.03 Å². The number of amides is 4. The Morgan fingerprint density at radius 2 is 2.00 bits per heavy atom. The topological polar surface area (TPSA) is 90.3 Å². The average Bonchev–Trinajstić information content (AvgIpc) is 3.19. The molecule has 1 aromatic rings. The van der Waals surface area contributed by atoms with Crippen molar-refractivity contribution in [2.75, 3.05) is 4.90 Å². The van der Waals surface area contributed by atoms with Crippen LogP contribution < -0.4 is 10.2 Å². The van der Waals surface area contributed by atoms with Crippen LogP contribution in [0.5, 0.6) is 0 Å². The number of barbiturate groups is 1. The van der Waals surface area contributed by atoms with Gasteiger partial charge in [0.25, 0.3) is 5.91 Å². The van der Waals surface area contributed by atoms with Gasteiger partial charge in [0.2, 0.25) is 5.91 Å². The van der Waals surface area contributed by atoms with E-state index >= 15 is 0 Å². The number of hydrogen-bond donors (Lipinski definition) is 1. The summed E-state index contributed by atoms with van der Waals surface area (Å²) in [5, 5.41) is 11.4. The van der Waals surface area contributed by atoms with E-state index in [0.717, 1.165) is 4.90 Å². The molecule has 0 atom stereocenters. The molecule has 100 valence electrons. The van der Waals surface area contributed by atoms with Gasteiger partial charge in [-0.05, 0) is 31.4 Å². The van der Waals surface area contributed by atoms with Crippen molar-refractivity contribution in [3.8, 4) is 6.07 Å². The summed E-state index contributed by atoms with van der Waals surface area (Å²) < 4.78 is 0. The molecule has 1 saturated carbocycles. The molecule has 3 rings (SSSR count). The zero-order valence-electron chi connectivity index (χ0n) is 10.8. The molecule has 1 aromatic carbocycles. The molecule has 20 heavy (non-hydrogen) atoms. The lowest BCUT2D eigenvalue weighted by Gasteiger charge is -2.30. The molecule has 6 heteroatoms. The first-order chi connectivity index (χ1) is 9.51. The number of nitrogens with one attached hydrogen (secondary N) is 1. The van der Waals surface area contributed by atoms with Gasteiger partial charge in [-0.2, -0.15) is 5.26 Å². The number of aryl methyl sites for hydroxylation is 1. The highest BCUT2D eigenvalue weighted by molar-refractivity contribution is 6.31. The van der Waals surface area contributed by atoms with Crippen LogP contribution in [0.1, 0.15) is 24.0 Å². The zero-order valence-corrected chi connectivity index (χ0v) is 10.8. The Morgan fingerprint density at radius 1 is 1.30 bits per heavy atom. The monoisotopic (exact) mass is 269 g/mol. The quantitative estimate of drug-likeness (QED) is 0.776. The van der Waals surface area contributed by atoms with E-state index in [4.69, 9.17) is 0 Å². The molecule has 1 aliphatic carbocycles. The van der Waals surface area contributed by atoms with Crippen LogP contribution in [-0.4, -0.2) is 17.8 Å². The lowest BCUT2D eigenvalue weighted by atomic mass is 9.99. The van der Waals surface area contributed by atoms with E-state index in [-0.39, 0.29) is 11.3 Å². The fraction of sp³-hybridized carbons (Fsp3) is 0.286. The summed E-state index contributed by atoms with van der Waals surface area (Å²) in [5.74, 6) is -1.07. The lowest BCUT2D eigenvalue weighted by Crippen LogP contribution is -2.59. The standard InChI is InChI=1S/C14H11N3O3/c1-8-3-2-4-10(9(8)7-15)17-12(19)14(5-6-14)11(18)16-13(17)20/h2-4H,5-6H2,1H3,(H,16,18,20). The molecule has 0 bridgehead atoms. The van der Waals surface area contributed by atoms with Crippen molar-refractivity contribution in [2.45, 2.75) is 19.8 Å². The molecular formula is C14H11N3O3. The molecule has 0 radical (unpaired) electrons. The summed E-state index contributed by atoms with van der Waals surface area (Å²) in [6.07, 6.45) is 0.879. The Kier molecular flexibility index (Phi) is 2.41. The largest absolute Gasteiger partial charge is 0.335 e. The maximum Gasteiger partial charge on any atom is 0.335 e. The van der Waals surface area contributed by atoms with Crippen LogP contribution >= 0.6 is 0 Å². The molecule has 1 heterocycles. The Labute approximate surface area is 115 Å². The molecule has 1 spiro atoms. The normalized spacial score (nSPS) is 19.8. The first kappa shape index (κ1) is 12.4. The smallest absolute Gasteiger partial charge is 0.276 e. The van der Waals surface area contributed by atoms with Crippen LogP contribution in [0.15, 0.2) is 18.2 Å². The third kappa shape index (κ3) is 1.46. The predicted octanol–water partition coefficient (Wildman–Crippen LogP) is 1.23. The molecule has 1 aliphatic heterocycles. The van der Waals surface area contributed by atoms with E-state index in [1.807, 2.05) is 6.07 Å². The van der Waals surface area contributed by atoms with Gasteiger partial charge in [0.15, 0.2) is 0 Å². The molecule has 1 saturated heterocycles. The molecule has 1 N–H and O–H groups in total. The Balaban J connectivity index is 2.13. The van der Waals surface area contributed by atoms with Crippen LogP contribution in [0, 0.1) is 23.7 Å². The van der Waals surface area contributed by atoms with Crippen molar-refractivity contribution in [1.29, 1.82) is 5.26 Å². The van der Waals surface area contributed by atoms with Crippen molar-refractivity contribution in [3.63, 3.8) is 0 Å². The summed E-state index contributed by atoms with van der Waals surface area (Å²) in [4.78, 5) is 37.1. The van der Waals surface area contributed by atoms with E-state index in [1.54, 1.807) is 19.1 Å². The van der Waals surface area contributed by atoms with E-state index in [0.29, 0.717) is 18.4 Å². The zero-order chi connectivity index (χ0) is 14.5. The molecule has 2 fully saturated rings. The Morgan fingerprint density at radius 3 is 2.60 bits per heavy atom. The number of hydrogen-bond acceptors (Lipinski definition) is 4. The number of urea groups is 1. The maximum atomic E-state index is 12.4. The van der Waals surface area contributed by atoms with Crippen molar-refractivity contribution in [2.24, 2.45) is 5.41 Å². The number of rotatable bonds is 1. The van der Waals surface area contributed by atoms with E-state index in [2.05, 4.69) is 5.32 Å². The third-order valence-corrected chi connectivity index (χ3v) is 3.82. The lowest BCUT2D eigenvalue weighted by molar-refractivity contribution is -0.136. The number of benzene rings is 1. The summed E-state index contributed by atoms with van der Waals surface area (Å²) >= 11 is 0. The molecule has 0 unspecified atom stereocenters. The highest BCUT2D eigenvalue weighted by Gasteiger charge is 2.62. The van der Waals surface area contributed by atoms with Gasteiger partial charge in [0.05, 0.1) is 11.3 Å². The predicted molar refractivity (Wildman–Crippen MR) is 68.6 cm³/mol. The van der Waals surface area contributed by atoms with Crippen LogP contribution in [0.2, 0.25) is 0 Å². The van der Waals surface area contributed by atoms with E-state index < -0.39 is 23.3 Å². The minimum absolute atomic E-state index is 0.230. The molecule has 4 amide bonds. The van der Waals surface area contributed by atoms with Gasteiger partial charge in [-0.1, -0.05) is 12.1 Å². The van der Waals surface area contributed by atoms with Crippen molar-refractivity contribution >= 4 is 23.5 Å². The first-order valence-electron chi connectivity index (χ1n) is 6.21. The second-order valence-corrected chi connectivity index (χ2v) is 5.06. The number of nitriles is 1. The molecule has 0 aromatic heterocycles. The van der Waals surface area contributed by atoms with Gasteiger partial charge in [0.1, 0.15) is 11.5 Å². The molecular weight excluding hydrogens is 258 g/mol. The van der Waals surface area contributed by atoms with Crippen molar-refractivity contribution in [3.05, 3.63) is 29.3 Å². The van der Waals surface area contributed by atoms with Crippen LogP contribution in [0.25, 0.3) is 0 Å². The average molecular weight is 269 g/mol. The van der Waals surface area contributed by atoms with E-state index in [1.165, 1.54) is 6.07 Å². The third-order valence-electron chi connectivity index (χ3n) is 3.82. The van der Waals surface area contributed by atoms with E-state index in [9.17, 15) is 19.6 Å². The van der Waals surface area contributed by atoms with Gasteiger partial charge < -0.3 is 0 Å². The fourth-order valence-corrected chi connectivity index (χ4v) is 2.44. The second kappa shape index (κ2) is 3.90. The first-order valence-corrected chi connectivity index (χ1v) is 6.21. The van der Waals surface area contributed by atoms with Crippen molar-refractivity contribution < 1.29 is 14.4 Å². The minimum Gasteiger partial charge on any atom is -0.276 e. The van der Waals surface area contributed by atoms with Gasteiger partial charge in [-0.25, -0.2) is 9.69 Å².